The van der Waals surface area contributed by atoms with Crippen LogP contribution in [0.4, 0.5) is 11.6 Å². The topological polar surface area (TPSA) is 126 Å². The van der Waals surface area contributed by atoms with E-state index < -0.39 is 0 Å². The van der Waals surface area contributed by atoms with Gasteiger partial charge < -0.3 is 30.8 Å². The van der Waals surface area contributed by atoms with Crippen molar-refractivity contribution in [2.75, 3.05) is 45.0 Å². The Labute approximate surface area is 98.5 Å². The molecule has 0 bridgehead atoms. The van der Waals surface area contributed by atoms with E-state index in [1.54, 1.807) is 0 Å². The molecule has 0 radical (unpaired) electrons. The monoisotopic (exact) mass is 244 g/mol. The van der Waals surface area contributed by atoms with Gasteiger partial charge >= 0.3 is 0 Å². The van der Waals surface area contributed by atoms with Crippen LogP contribution in [0.3, 0.4) is 0 Å². The first kappa shape index (κ1) is 13.3. The van der Waals surface area contributed by atoms with Crippen molar-refractivity contribution in [1.82, 2.24) is 9.97 Å². The molecule has 0 saturated carbocycles. The zero-order valence-electron chi connectivity index (χ0n) is 9.55. The van der Waals surface area contributed by atoms with Crippen LogP contribution in [-0.2, 0) is 4.74 Å². The number of anilines is 2. The zero-order valence-corrected chi connectivity index (χ0v) is 9.55. The molecule has 1 aromatic heterocycles. The number of aliphatic hydroxyl groups is 1. The van der Waals surface area contributed by atoms with Gasteiger partial charge in [-0.05, 0) is 0 Å². The second-order valence-electron chi connectivity index (χ2n) is 2.99. The molecule has 5 N–H and O–H groups in total. The Kier molecular flexibility index (Phi) is 5.24. The molecule has 1 rings (SSSR count). The molecule has 17 heavy (non-hydrogen) atoms. The van der Waals surface area contributed by atoms with Crippen molar-refractivity contribution in [3.05, 3.63) is 0 Å². The van der Waals surface area contributed by atoms with Gasteiger partial charge in [0.15, 0.2) is 5.69 Å². The highest BCUT2D eigenvalue weighted by atomic mass is 16.5. The first-order valence-electron chi connectivity index (χ1n) is 4.97. The van der Waals surface area contributed by atoms with Gasteiger partial charge in [-0.15, -0.1) is 0 Å². The third kappa shape index (κ3) is 3.93. The highest BCUT2D eigenvalue weighted by Gasteiger charge is 2.11. The van der Waals surface area contributed by atoms with Crippen molar-refractivity contribution < 1.29 is 19.3 Å². The molecular formula is C9H16N4O4. The molecule has 0 aliphatic rings. The fourth-order valence-electron chi connectivity index (χ4n) is 1.07. The molecule has 0 aromatic carbocycles. The number of hydrogen-bond acceptors (Lipinski definition) is 8. The number of hydrogen-bond donors (Lipinski definition) is 3. The number of nitrogens with two attached hydrogens (primary N) is 2. The zero-order chi connectivity index (χ0) is 12.7. The molecule has 0 atom stereocenters. The minimum absolute atomic E-state index is 0.0160. The smallest absolute Gasteiger partial charge is 0.246 e. The standard InChI is InChI=1S/C9H16N4O4/c1-15-7-6(10)8(13-9(11)12-7)17-5-4-16-3-2-14/h14H,2-5,10H2,1H3,(H2,11,12,13). The maximum Gasteiger partial charge on any atom is 0.246 e. The molecule has 0 saturated heterocycles. The van der Waals surface area contributed by atoms with Crippen LogP contribution in [0, 0.1) is 0 Å². The Morgan fingerprint density at radius 3 is 2.47 bits per heavy atom. The van der Waals surface area contributed by atoms with Crippen molar-refractivity contribution in [1.29, 1.82) is 0 Å². The molecule has 0 aliphatic carbocycles. The van der Waals surface area contributed by atoms with Gasteiger partial charge in [-0.2, -0.15) is 9.97 Å². The molecule has 8 heteroatoms. The van der Waals surface area contributed by atoms with E-state index in [0.717, 1.165) is 0 Å². The number of nitrogen functional groups attached to an aromatic ring is 2. The summed E-state index contributed by atoms with van der Waals surface area (Å²) in [5.41, 5.74) is 11.3. The minimum atomic E-state index is -0.0313. The molecule has 1 aromatic rings. The SMILES string of the molecule is COc1nc(N)nc(OCCOCCO)c1N. The molecule has 8 nitrogen and oxygen atoms in total. The summed E-state index contributed by atoms with van der Waals surface area (Å²) in [7, 11) is 1.42. The lowest BCUT2D eigenvalue weighted by molar-refractivity contribution is 0.0696. The predicted octanol–water partition coefficient (Wildman–Crippen LogP) is -0.963. The fourth-order valence-corrected chi connectivity index (χ4v) is 1.07. The quantitative estimate of drug-likeness (QED) is 0.523. The average Bonchev–Trinajstić information content (AvgIpc) is 2.32. The van der Waals surface area contributed by atoms with Gasteiger partial charge in [-0.3, -0.25) is 0 Å². The Bertz CT molecular complexity index is 361. The van der Waals surface area contributed by atoms with Gasteiger partial charge in [0.25, 0.3) is 0 Å². The van der Waals surface area contributed by atoms with E-state index in [9.17, 15) is 0 Å². The third-order valence-electron chi connectivity index (χ3n) is 1.79. The van der Waals surface area contributed by atoms with Crippen LogP contribution >= 0.6 is 0 Å². The molecule has 0 spiro atoms. The van der Waals surface area contributed by atoms with Crippen molar-refractivity contribution in [2.24, 2.45) is 0 Å². The largest absolute Gasteiger partial charge is 0.479 e. The molecule has 1 heterocycles. The molecule has 0 fully saturated rings. The summed E-state index contributed by atoms with van der Waals surface area (Å²) in [6.07, 6.45) is 0. The summed E-state index contributed by atoms with van der Waals surface area (Å²) < 4.78 is 15.2. The Hall–Kier alpha value is -1.80. The number of rotatable bonds is 7. The molecule has 0 amide bonds. The van der Waals surface area contributed by atoms with E-state index in [0.29, 0.717) is 6.61 Å². The van der Waals surface area contributed by atoms with E-state index >= 15 is 0 Å². The summed E-state index contributed by atoms with van der Waals surface area (Å²) in [5, 5.41) is 8.49. The van der Waals surface area contributed by atoms with E-state index in [1.807, 2.05) is 0 Å². The molecule has 0 unspecified atom stereocenters. The van der Waals surface area contributed by atoms with Crippen LogP contribution in [0.15, 0.2) is 0 Å². The van der Waals surface area contributed by atoms with Gasteiger partial charge in [0.1, 0.15) is 6.61 Å². The van der Waals surface area contributed by atoms with Crippen LogP contribution < -0.4 is 20.9 Å². The second-order valence-corrected chi connectivity index (χ2v) is 2.99. The van der Waals surface area contributed by atoms with E-state index in [2.05, 4.69) is 9.97 Å². The van der Waals surface area contributed by atoms with Crippen molar-refractivity contribution in [3.63, 3.8) is 0 Å². The third-order valence-corrected chi connectivity index (χ3v) is 1.79. The van der Waals surface area contributed by atoms with E-state index in [1.165, 1.54) is 7.11 Å². The molecule has 96 valence electrons. The summed E-state index contributed by atoms with van der Waals surface area (Å²) in [6.45, 7) is 0.778. The molecular weight excluding hydrogens is 228 g/mol. The predicted molar refractivity (Wildman–Crippen MR) is 60.8 cm³/mol. The van der Waals surface area contributed by atoms with Crippen molar-refractivity contribution >= 4 is 11.6 Å². The highest BCUT2D eigenvalue weighted by molar-refractivity contribution is 5.58. The first-order chi connectivity index (χ1) is 8.19. The van der Waals surface area contributed by atoms with Gasteiger partial charge in [-0.1, -0.05) is 0 Å². The summed E-state index contributed by atoms with van der Waals surface area (Å²) in [6, 6.07) is 0. The van der Waals surface area contributed by atoms with E-state index in [-0.39, 0.29) is 43.2 Å². The van der Waals surface area contributed by atoms with Crippen LogP contribution in [0.2, 0.25) is 0 Å². The lowest BCUT2D eigenvalue weighted by Gasteiger charge is -2.10. The lowest BCUT2D eigenvalue weighted by atomic mass is 10.5. The van der Waals surface area contributed by atoms with Gasteiger partial charge in [0.05, 0.1) is 26.9 Å². The van der Waals surface area contributed by atoms with Gasteiger partial charge in [-0.25, -0.2) is 0 Å². The fraction of sp³-hybridized carbons (Fsp3) is 0.556. The number of methoxy groups -OCH3 is 1. The van der Waals surface area contributed by atoms with Crippen LogP contribution in [0.5, 0.6) is 11.8 Å². The van der Waals surface area contributed by atoms with Crippen LogP contribution in [0.1, 0.15) is 0 Å². The number of aliphatic hydroxyl groups excluding tert-OH is 1. The summed E-state index contributed by atoms with van der Waals surface area (Å²) in [4.78, 5) is 7.62. The average molecular weight is 244 g/mol. The Morgan fingerprint density at radius 1 is 1.12 bits per heavy atom. The second kappa shape index (κ2) is 6.71. The normalized spacial score (nSPS) is 10.2. The summed E-state index contributed by atoms with van der Waals surface area (Å²) >= 11 is 0. The van der Waals surface area contributed by atoms with Crippen molar-refractivity contribution in [3.8, 4) is 11.8 Å². The van der Waals surface area contributed by atoms with Crippen LogP contribution in [-0.4, -0.2) is 48.6 Å². The van der Waals surface area contributed by atoms with E-state index in [4.69, 9.17) is 30.8 Å². The minimum Gasteiger partial charge on any atom is -0.479 e. The summed E-state index contributed by atoms with van der Waals surface area (Å²) in [5.74, 6) is 0.341. The van der Waals surface area contributed by atoms with Crippen molar-refractivity contribution in [2.45, 2.75) is 0 Å². The van der Waals surface area contributed by atoms with Gasteiger partial charge in [0.2, 0.25) is 17.7 Å². The first-order valence-corrected chi connectivity index (χ1v) is 4.97. The lowest BCUT2D eigenvalue weighted by Crippen LogP contribution is -2.12. The number of nitrogens with zero attached hydrogens (tertiary/aromatic N) is 2. The van der Waals surface area contributed by atoms with Gasteiger partial charge in [0, 0.05) is 0 Å². The number of aromatic nitrogens is 2. The highest BCUT2D eigenvalue weighted by Crippen LogP contribution is 2.28. The Balaban J connectivity index is 2.55. The maximum atomic E-state index is 8.49. The molecule has 0 aliphatic heterocycles. The maximum absolute atomic E-state index is 8.49. The Morgan fingerprint density at radius 2 is 1.82 bits per heavy atom. The number of ether oxygens (including phenoxy) is 3. The van der Waals surface area contributed by atoms with Crippen LogP contribution in [0.25, 0.3) is 0 Å².